The molecule has 0 aliphatic rings. The summed E-state index contributed by atoms with van der Waals surface area (Å²) in [5.74, 6) is -0.166. The van der Waals surface area contributed by atoms with Crippen molar-refractivity contribution in [3.8, 4) is 0 Å². The number of nitrogens with zero attached hydrogens (tertiary/aromatic N) is 2. The SMILES string of the molecule is CN(C)CCCCOCCNC(=O)C(N)Cc1cnc[nH]1. The Morgan fingerprint density at radius 1 is 1.48 bits per heavy atom. The van der Waals surface area contributed by atoms with E-state index in [4.69, 9.17) is 10.5 Å². The van der Waals surface area contributed by atoms with E-state index in [1.807, 2.05) is 0 Å². The van der Waals surface area contributed by atoms with Crippen molar-refractivity contribution in [2.24, 2.45) is 5.73 Å². The van der Waals surface area contributed by atoms with Crippen LogP contribution in [-0.2, 0) is 16.0 Å². The third kappa shape index (κ3) is 8.44. The lowest BCUT2D eigenvalue weighted by molar-refractivity contribution is -0.122. The average molecular weight is 297 g/mol. The zero-order chi connectivity index (χ0) is 15.5. The van der Waals surface area contributed by atoms with Crippen molar-refractivity contribution in [3.63, 3.8) is 0 Å². The van der Waals surface area contributed by atoms with E-state index in [1.54, 1.807) is 12.5 Å². The van der Waals surface area contributed by atoms with Crippen molar-refractivity contribution in [1.82, 2.24) is 20.2 Å². The number of ether oxygens (including phenoxy) is 1. The van der Waals surface area contributed by atoms with Gasteiger partial charge in [0.05, 0.1) is 19.0 Å². The Morgan fingerprint density at radius 3 is 2.95 bits per heavy atom. The predicted molar refractivity (Wildman–Crippen MR) is 81.9 cm³/mol. The number of unbranched alkanes of at least 4 members (excludes halogenated alkanes) is 1. The summed E-state index contributed by atoms with van der Waals surface area (Å²) in [4.78, 5) is 20.7. The molecule has 7 heteroatoms. The number of nitrogens with one attached hydrogen (secondary N) is 2. The minimum absolute atomic E-state index is 0.166. The van der Waals surface area contributed by atoms with Crippen molar-refractivity contribution in [3.05, 3.63) is 18.2 Å². The standard InChI is InChI=1S/C14H27N5O2/c1-19(2)6-3-4-7-21-8-5-17-14(20)13(15)9-12-10-16-11-18-12/h10-11,13H,3-9,15H2,1-2H3,(H,16,18)(H,17,20). The Bertz CT molecular complexity index is 381. The van der Waals surface area contributed by atoms with Gasteiger partial charge in [-0.3, -0.25) is 4.79 Å². The zero-order valence-electron chi connectivity index (χ0n) is 13.0. The summed E-state index contributed by atoms with van der Waals surface area (Å²) in [5.41, 5.74) is 6.67. The molecule has 1 aromatic heterocycles. The summed E-state index contributed by atoms with van der Waals surface area (Å²) in [6.07, 6.45) is 5.85. The van der Waals surface area contributed by atoms with Gasteiger partial charge in [-0.15, -0.1) is 0 Å². The Labute approximate surface area is 126 Å². The molecule has 7 nitrogen and oxygen atoms in total. The third-order valence-electron chi connectivity index (χ3n) is 3.02. The van der Waals surface area contributed by atoms with Gasteiger partial charge in [0.25, 0.3) is 0 Å². The van der Waals surface area contributed by atoms with Crippen LogP contribution in [0.1, 0.15) is 18.5 Å². The normalized spacial score (nSPS) is 12.6. The molecular formula is C14H27N5O2. The molecule has 1 aromatic rings. The second-order valence-corrected chi connectivity index (χ2v) is 5.30. The van der Waals surface area contributed by atoms with Crippen LogP contribution in [0.4, 0.5) is 0 Å². The van der Waals surface area contributed by atoms with E-state index in [-0.39, 0.29) is 5.91 Å². The van der Waals surface area contributed by atoms with Crippen LogP contribution in [0, 0.1) is 0 Å². The minimum Gasteiger partial charge on any atom is -0.380 e. The predicted octanol–water partition coefficient (Wildman–Crippen LogP) is -0.246. The van der Waals surface area contributed by atoms with E-state index in [0.29, 0.717) is 19.6 Å². The Hall–Kier alpha value is -1.44. The van der Waals surface area contributed by atoms with Crippen molar-refractivity contribution >= 4 is 5.91 Å². The molecular weight excluding hydrogens is 270 g/mol. The molecule has 0 saturated heterocycles. The number of imidazole rings is 1. The monoisotopic (exact) mass is 297 g/mol. The first-order valence-electron chi connectivity index (χ1n) is 7.32. The topological polar surface area (TPSA) is 96.3 Å². The molecule has 1 amide bonds. The van der Waals surface area contributed by atoms with Crippen molar-refractivity contribution in [2.75, 3.05) is 40.4 Å². The third-order valence-corrected chi connectivity index (χ3v) is 3.02. The lowest BCUT2D eigenvalue weighted by Crippen LogP contribution is -2.43. The van der Waals surface area contributed by atoms with Crippen LogP contribution in [0.15, 0.2) is 12.5 Å². The van der Waals surface area contributed by atoms with Gasteiger partial charge in [-0.25, -0.2) is 4.98 Å². The number of hydrogen-bond donors (Lipinski definition) is 3. The molecule has 0 radical (unpaired) electrons. The summed E-state index contributed by atoms with van der Waals surface area (Å²) in [6, 6.07) is -0.564. The van der Waals surface area contributed by atoms with E-state index in [1.165, 1.54) is 0 Å². The van der Waals surface area contributed by atoms with Crippen LogP contribution < -0.4 is 11.1 Å². The number of nitrogens with two attached hydrogens (primary N) is 1. The Morgan fingerprint density at radius 2 is 2.29 bits per heavy atom. The molecule has 1 rings (SSSR count). The highest BCUT2D eigenvalue weighted by molar-refractivity contribution is 5.81. The molecule has 0 saturated carbocycles. The maximum Gasteiger partial charge on any atom is 0.237 e. The fourth-order valence-electron chi connectivity index (χ4n) is 1.84. The number of rotatable bonds is 11. The molecule has 0 aliphatic carbocycles. The van der Waals surface area contributed by atoms with Gasteiger partial charge in [-0.05, 0) is 33.5 Å². The number of carbonyl (C=O) groups is 1. The van der Waals surface area contributed by atoms with Crippen LogP contribution in [0.3, 0.4) is 0 Å². The molecule has 0 aromatic carbocycles. The van der Waals surface area contributed by atoms with Gasteiger partial charge in [-0.2, -0.15) is 0 Å². The summed E-state index contributed by atoms with van der Waals surface area (Å²) in [6.45, 7) is 2.81. The first-order chi connectivity index (χ1) is 10.1. The minimum atomic E-state index is -0.564. The van der Waals surface area contributed by atoms with Crippen LogP contribution in [0.25, 0.3) is 0 Å². The highest BCUT2D eigenvalue weighted by atomic mass is 16.5. The summed E-state index contributed by atoms with van der Waals surface area (Å²) < 4.78 is 5.46. The van der Waals surface area contributed by atoms with E-state index in [0.717, 1.165) is 31.7 Å². The van der Waals surface area contributed by atoms with Gasteiger partial charge in [0.1, 0.15) is 0 Å². The summed E-state index contributed by atoms with van der Waals surface area (Å²) >= 11 is 0. The fourth-order valence-corrected chi connectivity index (χ4v) is 1.84. The molecule has 1 heterocycles. The van der Waals surface area contributed by atoms with Crippen molar-refractivity contribution in [2.45, 2.75) is 25.3 Å². The maximum atomic E-state index is 11.7. The van der Waals surface area contributed by atoms with E-state index in [9.17, 15) is 4.79 Å². The summed E-state index contributed by atoms with van der Waals surface area (Å²) in [5, 5.41) is 2.77. The zero-order valence-corrected chi connectivity index (χ0v) is 13.0. The van der Waals surface area contributed by atoms with E-state index in [2.05, 4.69) is 34.3 Å². The van der Waals surface area contributed by atoms with Crippen molar-refractivity contribution < 1.29 is 9.53 Å². The van der Waals surface area contributed by atoms with Gasteiger partial charge in [0.15, 0.2) is 0 Å². The largest absolute Gasteiger partial charge is 0.380 e. The number of amides is 1. The van der Waals surface area contributed by atoms with Gasteiger partial charge < -0.3 is 25.7 Å². The molecule has 0 aliphatic heterocycles. The number of H-pyrrole nitrogens is 1. The van der Waals surface area contributed by atoms with Gasteiger partial charge in [0, 0.05) is 31.5 Å². The van der Waals surface area contributed by atoms with Gasteiger partial charge >= 0.3 is 0 Å². The second kappa shape index (κ2) is 10.3. The number of hydrogen-bond acceptors (Lipinski definition) is 5. The van der Waals surface area contributed by atoms with Gasteiger partial charge in [-0.1, -0.05) is 0 Å². The van der Waals surface area contributed by atoms with Crippen LogP contribution in [0.2, 0.25) is 0 Å². The Balaban J connectivity index is 1.98. The lowest BCUT2D eigenvalue weighted by atomic mass is 10.1. The number of aromatic nitrogens is 2. The molecule has 0 fully saturated rings. The first-order valence-corrected chi connectivity index (χ1v) is 7.32. The van der Waals surface area contributed by atoms with Crippen LogP contribution in [0.5, 0.6) is 0 Å². The summed E-state index contributed by atoms with van der Waals surface area (Å²) in [7, 11) is 4.12. The van der Waals surface area contributed by atoms with Gasteiger partial charge in [0.2, 0.25) is 5.91 Å². The van der Waals surface area contributed by atoms with Crippen LogP contribution in [-0.4, -0.2) is 67.2 Å². The molecule has 1 atom stereocenters. The smallest absolute Gasteiger partial charge is 0.237 e. The molecule has 120 valence electrons. The van der Waals surface area contributed by atoms with E-state index < -0.39 is 6.04 Å². The fraction of sp³-hybridized carbons (Fsp3) is 0.714. The van der Waals surface area contributed by atoms with Crippen LogP contribution >= 0.6 is 0 Å². The first kappa shape index (κ1) is 17.6. The molecule has 0 spiro atoms. The van der Waals surface area contributed by atoms with Crippen molar-refractivity contribution in [1.29, 1.82) is 0 Å². The highest BCUT2D eigenvalue weighted by Crippen LogP contribution is 1.96. The molecule has 4 N–H and O–H groups in total. The number of carbonyl (C=O) groups excluding carboxylic acids is 1. The molecule has 0 bridgehead atoms. The molecule has 1 unspecified atom stereocenters. The number of aromatic amines is 1. The quantitative estimate of drug-likeness (QED) is 0.490. The Kier molecular flexibility index (Phi) is 8.65. The maximum absolute atomic E-state index is 11.7. The van der Waals surface area contributed by atoms with E-state index >= 15 is 0 Å². The second-order valence-electron chi connectivity index (χ2n) is 5.30. The lowest BCUT2D eigenvalue weighted by Gasteiger charge is -2.12. The molecule has 21 heavy (non-hydrogen) atoms. The average Bonchev–Trinajstić information content (AvgIpc) is 2.94. The highest BCUT2D eigenvalue weighted by Gasteiger charge is 2.13.